The van der Waals surface area contributed by atoms with Gasteiger partial charge in [0, 0.05) is 12.1 Å². The molecule has 0 saturated carbocycles. The fourth-order valence-corrected chi connectivity index (χ4v) is 0.593. The third-order valence-corrected chi connectivity index (χ3v) is 1.21. The summed E-state index contributed by atoms with van der Waals surface area (Å²) in [6.45, 7) is 6.08. The smallest absolute Gasteiger partial charge is 0.407 e. The van der Waals surface area contributed by atoms with Crippen molar-refractivity contribution < 1.29 is 9.53 Å². The summed E-state index contributed by atoms with van der Waals surface area (Å²) in [5, 5.41) is 2.64. The summed E-state index contributed by atoms with van der Waals surface area (Å²) in [5.74, 6) is 0. The van der Waals surface area contributed by atoms with Crippen LogP contribution >= 0.6 is 0 Å². The summed E-state index contributed by atoms with van der Waals surface area (Å²) in [6.07, 6.45) is -0.462. The molecule has 0 spiro atoms. The zero-order valence-electron chi connectivity index (χ0n) is 8.46. The Morgan fingerprint density at radius 1 is 1.54 bits per heavy atom. The Bertz CT molecular complexity index is 165. The Morgan fingerprint density at radius 2 is 2.08 bits per heavy atom. The van der Waals surface area contributed by atoms with Gasteiger partial charge >= 0.3 is 6.09 Å². The van der Waals surface area contributed by atoms with E-state index in [1.807, 2.05) is 20.8 Å². The number of alkyl carbamates (subject to hydrolysis) is 1. The molecule has 13 heavy (non-hydrogen) atoms. The highest BCUT2D eigenvalue weighted by atomic mass is 16.5. The number of carbonyl (C=O) groups excluding carboxylic acids is 1. The molecule has 0 bridgehead atoms. The maximum atomic E-state index is 11.0. The largest absolute Gasteiger partial charge is 0.448 e. The van der Waals surface area contributed by atoms with E-state index in [-0.39, 0.29) is 18.2 Å². The summed E-state index contributed by atoms with van der Waals surface area (Å²) in [5.41, 5.74) is 10.4. The zero-order valence-corrected chi connectivity index (χ0v) is 8.46. The van der Waals surface area contributed by atoms with Crippen LogP contribution in [-0.2, 0) is 4.74 Å². The van der Waals surface area contributed by atoms with E-state index < -0.39 is 6.09 Å². The van der Waals surface area contributed by atoms with Crippen LogP contribution in [0.5, 0.6) is 0 Å². The lowest BCUT2D eigenvalue weighted by atomic mass is 10.1. The second kappa shape index (κ2) is 5.04. The molecule has 0 aromatic heterocycles. The number of nitrogens with one attached hydrogen (secondary N) is 1. The molecule has 0 aliphatic rings. The van der Waals surface area contributed by atoms with Crippen LogP contribution < -0.4 is 16.8 Å². The van der Waals surface area contributed by atoms with E-state index in [9.17, 15) is 4.79 Å². The van der Waals surface area contributed by atoms with Gasteiger partial charge in [-0.05, 0) is 20.8 Å². The standard InChI is InChI=1S/C8H19N3O2/c1-8(2,3)11-7(12)13-5-6(10)4-9/h6H,4-5,9-10H2,1-3H3,(H,11,12). The Labute approximate surface area is 78.8 Å². The quantitative estimate of drug-likeness (QED) is 0.573. The number of rotatable bonds is 3. The van der Waals surface area contributed by atoms with Gasteiger partial charge in [-0.15, -0.1) is 0 Å². The number of carbonyl (C=O) groups is 1. The van der Waals surface area contributed by atoms with Crippen LogP contribution in [0.15, 0.2) is 0 Å². The van der Waals surface area contributed by atoms with Crippen LogP contribution in [0.3, 0.4) is 0 Å². The number of nitrogens with two attached hydrogens (primary N) is 2. The molecule has 1 amide bonds. The molecule has 0 aliphatic carbocycles. The van der Waals surface area contributed by atoms with Gasteiger partial charge in [-0.2, -0.15) is 0 Å². The summed E-state index contributed by atoms with van der Waals surface area (Å²) < 4.78 is 4.82. The first-order valence-corrected chi connectivity index (χ1v) is 4.26. The van der Waals surface area contributed by atoms with E-state index >= 15 is 0 Å². The lowest BCUT2D eigenvalue weighted by Crippen LogP contribution is -2.43. The van der Waals surface area contributed by atoms with Gasteiger partial charge in [0.1, 0.15) is 6.61 Å². The van der Waals surface area contributed by atoms with Gasteiger partial charge < -0.3 is 21.5 Å². The van der Waals surface area contributed by atoms with E-state index in [1.54, 1.807) is 0 Å². The number of hydrogen-bond acceptors (Lipinski definition) is 4. The maximum Gasteiger partial charge on any atom is 0.407 e. The van der Waals surface area contributed by atoms with Crippen molar-refractivity contribution in [1.82, 2.24) is 5.32 Å². The number of ether oxygens (including phenoxy) is 1. The molecule has 0 saturated heterocycles. The molecule has 5 heteroatoms. The first-order valence-electron chi connectivity index (χ1n) is 4.26. The summed E-state index contributed by atoms with van der Waals surface area (Å²) in [6, 6.07) is -0.286. The lowest BCUT2D eigenvalue weighted by molar-refractivity contribution is 0.131. The van der Waals surface area contributed by atoms with Crippen LogP contribution in [0.4, 0.5) is 4.79 Å². The zero-order chi connectivity index (χ0) is 10.5. The number of amides is 1. The molecule has 1 unspecified atom stereocenters. The molecular weight excluding hydrogens is 170 g/mol. The first-order chi connectivity index (χ1) is 5.85. The summed E-state index contributed by atoms with van der Waals surface area (Å²) >= 11 is 0. The highest BCUT2D eigenvalue weighted by molar-refractivity contribution is 5.68. The lowest BCUT2D eigenvalue weighted by Gasteiger charge is -2.20. The molecule has 0 aromatic rings. The minimum Gasteiger partial charge on any atom is -0.448 e. The molecule has 0 heterocycles. The normalized spacial score (nSPS) is 13.6. The molecule has 0 aromatic carbocycles. The number of hydrogen-bond donors (Lipinski definition) is 3. The Morgan fingerprint density at radius 3 is 2.46 bits per heavy atom. The maximum absolute atomic E-state index is 11.0. The highest BCUT2D eigenvalue weighted by Crippen LogP contribution is 1.98. The summed E-state index contributed by atoms with van der Waals surface area (Å²) in [7, 11) is 0. The van der Waals surface area contributed by atoms with Crippen LogP contribution in [-0.4, -0.2) is 30.8 Å². The minimum atomic E-state index is -0.462. The summed E-state index contributed by atoms with van der Waals surface area (Å²) in [4.78, 5) is 11.0. The van der Waals surface area contributed by atoms with E-state index in [1.165, 1.54) is 0 Å². The van der Waals surface area contributed by atoms with Crippen molar-refractivity contribution in [3.05, 3.63) is 0 Å². The average Bonchev–Trinajstić information content (AvgIpc) is 1.97. The average molecular weight is 189 g/mol. The van der Waals surface area contributed by atoms with E-state index in [4.69, 9.17) is 16.2 Å². The predicted octanol–water partition coefficient (Wildman–Crippen LogP) is -0.203. The molecule has 5 N–H and O–H groups in total. The fraction of sp³-hybridized carbons (Fsp3) is 0.875. The molecule has 0 fully saturated rings. The van der Waals surface area contributed by atoms with Gasteiger partial charge in [0.2, 0.25) is 0 Å². The second-order valence-electron chi connectivity index (χ2n) is 3.97. The van der Waals surface area contributed by atoms with Gasteiger partial charge in [-0.25, -0.2) is 4.79 Å². The van der Waals surface area contributed by atoms with Crippen molar-refractivity contribution >= 4 is 6.09 Å². The third kappa shape index (κ3) is 7.55. The second-order valence-corrected chi connectivity index (χ2v) is 3.97. The van der Waals surface area contributed by atoms with Gasteiger partial charge in [0.15, 0.2) is 0 Å². The van der Waals surface area contributed by atoms with Gasteiger partial charge in [-0.1, -0.05) is 0 Å². The SMILES string of the molecule is CC(C)(C)NC(=O)OCC(N)CN. The fourth-order valence-electron chi connectivity index (χ4n) is 0.593. The van der Waals surface area contributed by atoms with E-state index in [0.29, 0.717) is 6.54 Å². The Hall–Kier alpha value is -0.810. The van der Waals surface area contributed by atoms with Gasteiger partial charge in [0.25, 0.3) is 0 Å². The van der Waals surface area contributed by atoms with Crippen molar-refractivity contribution in [2.45, 2.75) is 32.4 Å². The van der Waals surface area contributed by atoms with E-state index in [0.717, 1.165) is 0 Å². The van der Waals surface area contributed by atoms with Crippen LogP contribution in [0.25, 0.3) is 0 Å². The van der Waals surface area contributed by atoms with E-state index in [2.05, 4.69) is 5.32 Å². The van der Waals surface area contributed by atoms with Gasteiger partial charge in [0.05, 0.1) is 6.04 Å². The topological polar surface area (TPSA) is 90.4 Å². The minimum absolute atomic E-state index is 0.151. The molecule has 0 rings (SSSR count). The predicted molar refractivity (Wildman–Crippen MR) is 51.3 cm³/mol. The van der Waals surface area contributed by atoms with Crippen molar-refractivity contribution in [2.24, 2.45) is 11.5 Å². The monoisotopic (exact) mass is 189 g/mol. The Kier molecular flexibility index (Phi) is 4.72. The van der Waals surface area contributed by atoms with Crippen LogP contribution in [0.1, 0.15) is 20.8 Å². The molecule has 0 radical (unpaired) electrons. The van der Waals surface area contributed by atoms with Crippen LogP contribution in [0, 0.1) is 0 Å². The van der Waals surface area contributed by atoms with Crippen molar-refractivity contribution in [1.29, 1.82) is 0 Å². The highest BCUT2D eigenvalue weighted by Gasteiger charge is 2.14. The third-order valence-electron chi connectivity index (χ3n) is 1.21. The molecule has 5 nitrogen and oxygen atoms in total. The molecule has 1 atom stereocenters. The van der Waals surface area contributed by atoms with Gasteiger partial charge in [-0.3, -0.25) is 0 Å². The van der Waals surface area contributed by atoms with Crippen LogP contribution in [0.2, 0.25) is 0 Å². The van der Waals surface area contributed by atoms with Crippen molar-refractivity contribution in [3.8, 4) is 0 Å². The molecule has 78 valence electrons. The van der Waals surface area contributed by atoms with Crippen molar-refractivity contribution in [3.63, 3.8) is 0 Å². The first kappa shape index (κ1) is 12.2. The van der Waals surface area contributed by atoms with Crippen molar-refractivity contribution in [2.75, 3.05) is 13.2 Å². The molecular formula is C8H19N3O2. The molecule has 0 aliphatic heterocycles. The Balaban J connectivity index is 3.64.